The maximum absolute atomic E-state index is 12.9. The molecule has 1 aliphatic rings. The van der Waals surface area contributed by atoms with Gasteiger partial charge in [-0.25, -0.2) is 4.39 Å². The van der Waals surface area contributed by atoms with E-state index in [9.17, 15) is 4.39 Å². The van der Waals surface area contributed by atoms with Crippen LogP contribution < -0.4 is 5.32 Å². The molecule has 0 amide bonds. The lowest BCUT2D eigenvalue weighted by molar-refractivity contribution is 0.0347. The molecular formula is C14H20FNO. The van der Waals surface area contributed by atoms with Crippen molar-refractivity contribution in [2.24, 2.45) is 0 Å². The molecule has 0 atom stereocenters. The van der Waals surface area contributed by atoms with Gasteiger partial charge in [0.05, 0.1) is 12.7 Å². The molecule has 0 spiro atoms. The standard InChI is InChI=1S/C14H20FNO/c15-12-5-4-6-13(11-12)16-9-10-17-14-7-2-1-3-8-14/h4-6,11,14,16H,1-3,7-10H2. The average molecular weight is 237 g/mol. The second-order valence-electron chi connectivity index (χ2n) is 4.57. The van der Waals surface area contributed by atoms with E-state index in [0.717, 1.165) is 12.2 Å². The van der Waals surface area contributed by atoms with Gasteiger partial charge in [0.15, 0.2) is 0 Å². The number of nitrogens with one attached hydrogen (secondary N) is 1. The Morgan fingerprint density at radius 3 is 2.82 bits per heavy atom. The smallest absolute Gasteiger partial charge is 0.125 e. The molecule has 0 saturated heterocycles. The summed E-state index contributed by atoms with van der Waals surface area (Å²) in [4.78, 5) is 0. The van der Waals surface area contributed by atoms with Crippen LogP contribution in [0.3, 0.4) is 0 Å². The van der Waals surface area contributed by atoms with Crippen molar-refractivity contribution in [3.05, 3.63) is 30.1 Å². The number of anilines is 1. The summed E-state index contributed by atoms with van der Waals surface area (Å²) in [6.07, 6.45) is 6.77. The fourth-order valence-corrected chi connectivity index (χ4v) is 2.25. The van der Waals surface area contributed by atoms with Crippen molar-refractivity contribution in [3.8, 4) is 0 Å². The minimum absolute atomic E-state index is 0.205. The fraction of sp³-hybridized carbons (Fsp3) is 0.571. The van der Waals surface area contributed by atoms with E-state index in [2.05, 4.69) is 5.32 Å². The van der Waals surface area contributed by atoms with Crippen LogP contribution in [0, 0.1) is 5.82 Å². The van der Waals surface area contributed by atoms with Gasteiger partial charge in [-0.05, 0) is 31.0 Å². The normalized spacial score (nSPS) is 17.0. The predicted molar refractivity (Wildman–Crippen MR) is 67.7 cm³/mol. The Morgan fingerprint density at radius 1 is 1.24 bits per heavy atom. The van der Waals surface area contributed by atoms with Crippen LogP contribution in [0.25, 0.3) is 0 Å². The Bertz CT molecular complexity index is 337. The van der Waals surface area contributed by atoms with Crippen molar-refractivity contribution in [2.45, 2.75) is 38.2 Å². The van der Waals surface area contributed by atoms with E-state index in [1.54, 1.807) is 6.07 Å². The molecule has 0 aliphatic heterocycles. The van der Waals surface area contributed by atoms with Crippen LogP contribution in [-0.2, 0) is 4.74 Å². The van der Waals surface area contributed by atoms with Crippen LogP contribution >= 0.6 is 0 Å². The molecular weight excluding hydrogens is 217 g/mol. The minimum atomic E-state index is -0.205. The monoisotopic (exact) mass is 237 g/mol. The van der Waals surface area contributed by atoms with E-state index in [-0.39, 0.29) is 5.82 Å². The summed E-state index contributed by atoms with van der Waals surface area (Å²) in [5.41, 5.74) is 0.817. The summed E-state index contributed by atoms with van der Waals surface area (Å²) in [6, 6.07) is 6.52. The zero-order valence-electron chi connectivity index (χ0n) is 10.1. The van der Waals surface area contributed by atoms with Gasteiger partial charge >= 0.3 is 0 Å². The van der Waals surface area contributed by atoms with E-state index >= 15 is 0 Å². The highest BCUT2D eigenvalue weighted by Gasteiger charge is 2.12. The number of ether oxygens (including phenoxy) is 1. The van der Waals surface area contributed by atoms with Crippen LogP contribution in [0.1, 0.15) is 32.1 Å². The molecule has 1 saturated carbocycles. The van der Waals surface area contributed by atoms with Crippen molar-refractivity contribution >= 4 is 5.69 Å². The number of benzene rings is 1. The van der Waals surface area contributed by atoms with Gasteiger partial charge in [-0.2, -0.15) is 0 Å². The summed E-state index contributed by atoms with van der Waals surface area (Å²) < 4.78 is 18.7. The van der Waals surface area contributed by atoms with Crippen LogP contribution in [0.4, 0.5) is 10.1 Å². The molecule has 94 valence electrons. The lowest BCUT2D eigenvalue weighted by atomic mass is 9.98. The van der Waals surface area contributed by atoms with Crippen molar-refractivity contribution in [1.29, 1.82) is 0 Å². The first-order valence-corrected chi connectivity index (χ1v) is 6.45. The summed E-state index contributed by atoms with van der Waals surface area (Å²) in [5, 5.41) is 3.16. The van der Waals surface area contributed by atoms with Gasteiger partial charge in [0.2, 0.25) is 0 Å². The zero-order chi connectivity index (χ0) is 11.9. The molecule has 0 heterocycles. The molecule has 3 heteroatoms. The Labute approximate surface area is 102 Å². The number of halogens is 1. The second kappa shape index (κ2) is 6.60. The fourth-order valence-electron chi connectivity index (χ4n) is 2.25. The van der Waals surface area contributed by atoms with Gasteiger partial charge in [-0.1, -0.05) is 25.3 Å². The van der Waals surface area contributed by atoms with Crippen molar-refractivity contribution in [3.63, 3.8) is 0 Å². The molecule has 0 aromatic heterocycles. The van der Waals surface area contributed by atoms with Crippen LogP contribution in [0.15, 0.2) is 24.3 Å². The quantitative estimate of drug-likeness (QED) is 0.790. The lowest BCUT2D eigenvalue weighted by Crippen LogP contribution is -2.20. The highest BCUT2D eigenvalue weighted by molar-refractivity contribution is 5.42. The molecule has 0 radical (unpaired) electrons. The van der Waals surface area contributed by atoms with Crippen molar-refractivity contribution in [1.82, 2.24) is 0 Å². The van der Waals surface area contributed by atoms with E-state index in [0.29, 0.717) is 12.7 Å². The number of hydrogen-bond acceptors (Lipinski definition) is 2. The average Bonchev–Trinajstić information content (AvgIpc) is 2.36. The molecule has 2 rings (SSSR count). The first-order valence-electron chi connectivity index (χ1n) is 6.45. The highest BCUT2D eigenvalue weighted by atomic mass is 19.1. The Morgan fingerprint density at radius 2 is 2.06 bits per heavy atom. The first-order chi connectivity index (χ1) is 8.34. The Balaban J connectivity index is 1.62. The Kier molecular flexibility index (Phi) is 4.80. The highest BCUT2D eigenvalue weighted by Crippen LogP contribution is 2.20. The molecule has 1 fully saturated rings. The summed E-state index contributed by atoms with van der Waals surface area (Å²) in [7, 11) is 0. The van der Waals surface area contributed by atoms with E-state index < -0.39 is 0 Å². The summed E-state index contributed by atoms with van der Waals surface area (Å²) in [5.74, 6) is -0.205. The summed E-state index contributed by atoms with van der Waals surface area (Å²) >= 11 is 0. The van der Waals surface area contributed by atoms with Crippen LogP contribution in [0.2, 0.25) is 0 Å². The molecule has 17 heavy (non-hydrogen) atoms. The topological polar surface area (TPSA) is 21.3 Å². The maximum Gasteiger partial charge on any atom is 0.125 e. The minimum Gasteiger partial charge on any atom is -0.383 e. The second-order valence-corrected chi connectivity index (χ2v) is 4.57. The Hall–Kier alpha value is -1.09. The van der Waals surface area contributed by atoms with E-state index in [1.807, 2.05) is 6.07 Å². The lowest BCUT2D eigenvalue weighted by Gasteiger charge is -2.22. The van der Waals surface area contributed by atoms with E-state index in [1.165, 1.54) is 44.2 Å². The number of hydrogen-bond donors (Lipinski definition) is 1. The van der Waals surface area contributed by atoms with Gasteiger partial charge in [-0.3, -0.25) is 0 Å². The first kappa shape index (κ1) is 12.4. The largest absolute Gasteiger partial charge is 0.383 e. The number of rotatable bonds is 5. The predicted octanol–water partition coefficient (Wildman–Crippen LogP) is 3.59. The van der Waals surface area contributed by atoms with Crippen molar-refractivity contribution in [2.75, 3.05) is 18.5 Å². The molecule has 1 N–H and O–H groups in total. The molecule has 1 aromatic carbocycles. The molecule has 1 aromatic rings. The summed E-state index contributed by atoms with van der Waals surface area (Å²) in [6.45, 7) is 1.43. The van der Waals surface area contributed by atoms with Crippen LogP contribution in [-0.4, -0.2) is 19.3 Å². The molecule has 0 unspecified atom stereocenters. The van der Waals surface area contributed by atoms with Crippen molar-refractivity contribution < 1.29 is 9.13 Å². The SMILES string of the molecule is Fc1cccc(NCCOC2CCCCC2)c1. The molecule has 1 aliphatic carbocycles. The third kappa shape index (κ3) is 4.35. The van der Waals surface area contributed by atoms with Gasteiger partial charge in [-0.15, -0.1) is 0 Å². The van der Waals surface area contributed by atoms with Crippen LogP contribution in [0.5, 0.6) is 0 Å². The van der Waals surface area contributed by atoms with Gasteiger partial charge in [0.1, 0.15) is 5.82 Å². The van der Waals surface area contributed by atoms with E-state index in [4.69, 9.17) is 4.74 Å². The third-order valence-corrected chi connectivity index (χ3v) is 3.16. The van der Waals surface area contributed by atoms with Gasteiger partial charge in [0.25, 0.3) is 0 Å². The van der Waals surface area contributed by atoms with Gasteiger partial charge < -0.3 is 10.1 Å². The van der Waals surface area contributed by atoms with Gasteiger partial charge in [0, 0.05) is 12.2 Å². The molecule has 0 bridgehead atoms. The maximum atomic E-state index is 12.9. The molecule has 2 nitrogen and oxygen atoms in total. The zero-order valence-corrected chi connectivity index (χ0v) is 10.1. The third-order valence-electron chi connectivity index (χ3n) is 3.16.